The average molecular weight is 288 g/mol. The number of hydrogen-bond acceptors (Lipinski definition) is 2. The molecule has 114 valence electrons. The van der Waals surface area contributed by atoms with Crippen LogP contribution < -0.4 is 5.32 Å². The summed E-state index contributed by atoms with van der Waals surface area (Å²) in [5.41, 5.74) is 1.06. The van der Waals surface area contributed by atoms with Gasteiger partial charge in [0.25, 0.3) is 0 Å². The lowest BCUT2D eigenvalue weighted by Crippen LogP contribution is -2.64. The number of amides is 2. The standard InChI is InChI=1S/C17H24N2O2/c1-4-19-15(10-12(2)3)16(20)18-14(17(19)21)11-13-8-6-5-7-9-13/h5-9,12,14-15H,4,10-11H2,1-3H3,(H,18,20). The Kier molecular flexibility index (Phi) is 4.99. The van der Waals surface area contributed by atoms with Gasteiger partial charge in [-0.25, -0.2) is 0 Å². The largest absolute Gasteiger partial charge is 0.342 e. The van der Waals surface area contributed by atoms with Crippen LogP contribution >= 0.6 is 0 Å². The van der Waals surface area contributed by atoms with E-state index in [1.165, 1.54) is 0 Å². The monoisotopic (exact) mass is 288 g/mol. The molecule has 0 radical (unpaired) electrons. The van der Waals surface area contributed by atoms with Crippen LogP contribution in [0.25, 0.3) is 0 Å². The predicted octanol–water partition coefficient (Wildman–Crippen LogP) is 1.99. The Bertz CT molecular complexity index is 499. The van der Waals surface area contributed by atoms with Crippen molar-refractivity contribution in [3.63, 3.8) is 0 Å². The summed E-state index contributed by atoms with van der Waals surface area (Å²) in [6, 6.07) is 9.04. The number of nitrogens with zero attached hydrogens (tertiary/aromatic N) is 1. The molecule has 1 aromatic carbocycles. The number of hydrogen-bond donors (Lipinski definition) is 1. The molecule has 1 aromatic rings. The first-order valence-electron chi connectivity index (χ1n) is 7.67. The van der Waals surface area contributed by atoms with Crippen LogP contribution in [0.4, 0.5) is 0 Å². The van der Waals surface area contributed by atoms with E-state index < -0.39 is 6.04 Å². The molecule has 1 aliphatic heterocycles. The number of rotatable bonds is 5. The van der Waals surface area contributed by atoms with Crippen molar-refractivity contribution in [2.24, 2.45) is 5.92 Å². The number of benzene rings is 1. The van der Waals surface area contributed by atoms with Crippen molar-refractivity contribution in [1.29, 1.82) is 0 Å². The highest BCUT2D eigenvalue weighted by Gasteiger charge is 2.39. The normalized spacial score (nSPS) is 22.6. The second-order valence-corrected chi connectivity index (χ2v) is 6.02. The molecule has 0 spiro atoms. The Morgan fingerprint density at radius 3 is 2.43 bits per heavy atom. The fourth-order valence-corrected chi connectivity index (χ4v) is 2.87. The van der Waals surface area contributed by atoms with Crippen LogP contribution in [0.3, 0.4) is 0 Å². The fourth-order valence-electron chi connectivity index (χ4n) is 2.87. The Morgan fingerprint density at radius 1 is 1.19 bits per heavy atom. The molecule has 2 rings (SSSR count). The van der Waals surface area contributed by atoms with Crippen LogP contribution in [0.1, 0.15) is 32.8 Å². The van der Waals surface area contributed by atoms with Gasteiger partial charge in [0, 0.05) is 13.0 Å². The topological polar surface area (TPSA) is 49.4 Å². The third-order valence-electron chi connectivity index (χ3n) is 3.89. The van der Waals surface area contributed by atoms with Crippen LogP contribution in [-0.2, 0) is 16.0 Å². The molecule has 0 bridgehead atoms. The second kappa shape index (κ2) is 6.74. The molecular weight excluding hydrogens is 264 g/mol. The van der Waals surface area contributed by atoms with Crippen molar-refractivity contribution < 1.29 is 9.59 Å². The van der Waals surface area contributed by atoms with Crippen molar-refractivity contribution in [2.75, 3.05) is 6.54 Å². The molecule has 2 unspecified atom stereocenters. The second-order valence-electron chi connectivity index (χ2n) is 6.02. The number of piperazine rings is 1. The Balaban J connectivity index is 2.13. The minimum atomic E-state index is -0.441. The van der Waals surface area contributed by atoms with Gasteiger partial charge in [-0.15, -0.1) is 0 Å². The van der Waals surface area contributed by atoms with E-state index in [9.17, 15) is 9.59 Å². The molecule has 0 saturated carbocycles. The summed E-state index contributed by atoms with van der Waals surface area (Å²) in [6.45, 7) is 6.65. The molecular formula is C17H24N2O2. The maximum Gasteiger partial charge on any atom is 0.246 e. The van der Waals surface area contributed by atoms with Crippen molar-refractivity contribution in [2.45, 2.75) is 45.7 Å². The first-order valence-corrected chi connectivity index (χ1v) is 7.67. The summed E-state index contributed by atoms with van der Waals surface area (Å²) in [6.07, 6.45) is 1.26. The van der Waals surface area contributed by atoms with Crippen LogP contribution in [0.15, 0.2) is 30.3 Å². The Morgan fingerprint density at radius 2 is 1.86 bits per heavy atom. The van der Waals surface area contributed by atoms with E-state index in [1.54, 1.807) is 4.90 Å². The third kappa shape index (κ3) is 3.63. The predicted molar refractivity (Wildman–Crippen MR) is 82.7 cm³/mol. The van der Waals surface area contributed by atoms with E-state index in [0.717, 1.165) is 5.56 Å². The maximum atomic E-state index is 12.6. The van der Waals surface area contributed by atoms with Gasteiger partial charge in [-0.05, 0) is 24.8 Å². The highest BCUT2D eigenvalue weighted by atomic mass is 16.2. The Hall–Kier alpha value is -1.84. The molecule has 4 heteroatoms. The molecule has 1 fully saturated rings. The van der Waals surface area contributed by atoms with Crippen LogP contribution in [0, 0.1) is 5.92 Å². The molecule has 1 aliphatic rings. The molecule has 1 N–H and O–H groups in total. The molecule has 0 aromatic heterocycles. The van der Waals surface area contributed by atoms with Gasteiger partial charge in [-0.1, -0.05) is 44.2 Å². The minimum Gasteiger partial charge on any atom is -0.342 e. The zero-order valence-electron chi connectivity index (χ0n) is 13.0. The van der Waals surface area contributed by atoms with Crippen LogP contribution in [-0.4, -0.2) is 35.3 Å². The van der Waals surface area contributed by atoms with Gasteiger partial charge < -0.3 is 10.2 Å². The third-order valence-corrected chi connectivity index (χ3v) is 3.89. The first-order chi connectivity index (χ1) is 10.0. The van der Waals surface area contributed by atoms with Gasteiger partial charge in [0.1, 0.15) is 12.1 Å². The minimum absolute atomic E-state index is 0.0221. The van der Waals surface area contributed by atoms with Crippen molar-refractivity contribution in [3.05, 3.63) is 35.9 Å². The van der Waals surface area contributed by atoms with Gasteiger partial charge in [-0.2, -0.15) is 0 Å². The summed E-state index contributed by atoms with van der Waals surface area (Å²) >= 11 is 0. The SMILES string of the molecule is CCN1C(=O)C(Cc2ccccc2)NC(=O)C1CC(C)C. The van der Waals surface area contributed by atoms with E-state index in [-0.39, 0.29) is 17.9 Å². The summed E-state index contributed by atoms with van der Waals surface area (Å²) in [5.74, 6) is 0.394. The molecule has 2 amide bonds. The lowest BCUT2D eigenvalue weighted by atomic mass is 9.95. The Labute approximate surface area is 126 Å². The first kappa shape index (κ1) is 15.5. The van der Waals surface area contributed by atoms with E-state index in [1.807, 2.05) is 37.3 Å². The molecule has 4 nitrogen and oxygen atoms in total. The summed E-state index contributed by atoms with van der Waals surface area (Å²) < 4.78 is 0. The fraction of sp³-hybridized carbons (Fsp3) is 0.529. The number of carbonyl (C=O) groups excluding carboxylic acids is 2. The molecule has 1 saturated heterocycles. The van der Waals surface area contributed by atoms with Crippen molar-refractivity contribution >= 4 is 11.8 Å². The van der Waals surface area contributed by atoms with Crippen LogP contribution in [0.5, 0.6) is 0 Å². The zero-order chi connectivity index (χ0) is 15.4. The van der Waals surface area contributed by atoms with E-state index in [4.69, 9.17) is 0 Å². The summed E-state index contributed by atoms with van der Waals surface area (Å²) in [4.78, 5) is 26.7. The lowest BCUT2D eigenvalue weighted by Gasteiger charge is -2.39. The van der Waals surface area contributed by atoms with Crippen molar-refractivity contribution in [3.8, 4) is 0 Å². The van der Waals surface area contributed by atoms with Gasteiger partial charge >= 0.3 is 0 Å². The lowest BCUT2D eigenvalue weighted by molar-refractivity contribution is -0.149. The number of carbonyl (C=O) groups is 2. The number of nitrogens with one attached hydrogen (secondary N) is 1. The summed E-state index contributed by atoms with van der Waals surface area (Å²) in [5, 5.41) is 2.90. The van der Waals surface area contributed by atoms with Gasteiger partial charge in [0.15, 0.2) is 0 Å². The molecule has 21 heavy (non-hydrogen) atoms. The smallest absolute Gasteiger partial charge is 0.246 e. The molecule has 1 heterocycles. The summed E-state index contributed by atoms with van der Waals surface area (Å²) in [7, 11) is 0. The van der Waals surface area contributed by atoms with Gasteiger partial charge in [0.2, 0.25) is 11.8 Å². The quantitative estimate of drug-likeness (QED) is 0.901. The van der Waals surface area contributed by atoms with Gasteiger partial charge in [0.05, 0.1) is 0 Å². The highest BCUT2D eigenvalue weighted by molar-refractivity contribution is 5.97. The molecule has 0 aliphatic carbocycles. The highest BCUT2D eigenvalue weighted by Crippen LogP contribution is 2.19. The molecule has 2 atom stereocenters. The number of likely N-dealkylation sites (N-methyl/N-ethyl adjacent to an activating group) is 1. The van der Waals surface area contributed by atoms with E-state index >= 15 is 0 Å². The zero-order valence-corrected chi connectivity index (χ0v) is 13.0. The van der Waals surface area contributed by atoms with E-state index in [2.05, 4.69) is 19.2 Å². The average Bonchev–Trinajstić information content (AvgIpc) is 2.45. The van der Waals surface area contributed by atoms with Crippen LogP contribution in [0.2, 0.25) is 0 Å². The van der Waals surface area contributed by atoms with Gasteiger partial charge in [-0.3, -0.25) is 9.59 Å². The maximum absolute atomic E-state index is 12.6. The van der Waals surface area contributed by atoms with Crippen molar-refractivity contribution in [1.82, 2.24) is 10.2 Å². The van der Waals surface area contributed by atoms with E-state index in [0.29, 0.717) is 25.3 Å².